The highest BCUT2D eigenvalue weighted by molar-refractivity contribution is 7.99. The van der Waals surface area contributed by atoms with Crippen molar-refractivity contribution in [3.8, 4) is 0 Å². The van der Waals surface area contributed by atoms with Gasteiger partial charge in [-0.05, 0) is 18.1 Å². The third-order valence-electron chi connectivity index (χ3n) is 2.59. The molecule has 0 unspecified atom stereocenters. The van der Waals surface area contributed by atoms with E-state index < -0.39 is 5.97 Å². The summed E-state index contributed by atoms with van der Waals surface area (Å²) in [6.07, 6.45) is 4.25. The Morgan fingerprint density at radius 1 is 1.53 bits per heavy atom. The van der Waals surface area contributed by atoms with Crippen LogP contribution in [-0.4, -0.2) is 36.6 Å². The van der Waals surface area contributed by atoms with Gasteiger partial charge in [0.05, 0.1) is 18.0 Å². The molecule has 0 amide bonds. The van der Waals surface area contributed by atoms with Crippen molar-refractivity contribution in [1.29, 1.82) is 0 Å². The van der Waals surface area contributed by atoms with Gasteiger partial charge in [-0.15, -0.1) is 10.2 Å². The van der Waals surface area contributed by atoms with Crippen molar-refractivity contribution in [1.82, 2.24) is 19.7 Å². The molecule has 0 aliphatic rings. The van der Waals surface area contributed by atoms with Gasteiger partial charge in [0.1, 0.15) is 6.33 Å². The van der Waals surface area contributed by atoms with E-state index in [1.54, 1.807) is 12.5 Å². The van der Waals surface area contributed by atoms with E-state index in [1.807, 2.05) is 16.7 Å². The lowest BCUT2D eigenvalue weighted by Gasteiger charge is -2.08. The zero-order valence-electron chi connectivity index (χ0n) is 10.5. The fourth-order valence-corrected chi connectivity index (χ4v) is 2.32. The summed E-state index contributed by atoms with van der Waals surface area (Å²) in [5, 5.41) is 17.0. The second kappa shape index (κ2) is 6.33. The molecule has 2 heterocycles. The molecule has 0 radical (unpaired) electrons. The van der Waals surface area contributed by atoms with Crippen LogP contribution >= 0.6 is 11.8 Å². The summed E-state index contributed by atoms with van der Waals surface area (Å²) in [7, 11) is 0. The fourth-order valence-electron chi connectivity index (χ4n) is 1.69. The lowest BCUT2D eigenvalue weighted by atomic mass is 10.1. The highest BCUT2D eigenvalue weighted by atomic mass is 32.2. The maximum Gasteiger partial charge on any atom is 0.313 e. The van der Waals surface area contributed by atoms with Crippen LogP contribution in [0.3, 0.4) is 0 Å². The van der Waals surface area contributed by atoms with Crippen molar-refractivity contribution in [3.05, 3.63) is 35.9 Å². The summed E-state index contributed by atoms with van der Waals surface area (Å²) < 4.78 is 1.81. The first kappa shape index (κ1) is 13.5. The van der Waals surface area contributed by atoms with Gasteiger partial charge in [-0.1, -0.05) is 24.8 Å². The Morgan fingerprint density at radius 3 is 3.11 bits per heavy atom. The standard InChI is InChI=1S/C12H14N4O2S/c1-2-9-4-3-5-13-10(9)6-16-8-14-15-12(16)19-7-11(17)18/h3-5,8H,2,6-7H2,1H3,(H,17,18). The fraction of sp³-hybridized carbons (Fsp3) is 0.333. The average molecular weight is 278 g/mol. The average Bonchev–Trinajstić information content (AvgIpc) is 2.84. The molecule has 0 saturated carbocycles. The van der Waals surface area contributed by atoms with Crippen LogP contribution in [0.5, 0.6) is 0 Å². The molecular weight excluding hydrogens is 264 g/mol. The first-order valence-electron chi connectivity index (χ1n) is 5.86. The SMILES string of the molecule is CCc1cccnc1Cn1cnnc1SCC(=O)O. The molecular formula is C12H14N4O2S. The minimum Gasteiger partial charge on any atom is -0.481 e. The third-order valence-corrected chi connectivity index (χ3v) is 3.56. The van der Waals surface area contributed by atoms with Crippen LogP contribution in [0.4, 0.5) is 0 Å². The van der Waals surface area contributed by atoms with Gasteiger partial charge >= 0.3 is 5.97 Å². The van der Waals surface area contributed by atoms with Gasteiger partial charge in [-0.25, -0.2) is 0 Å². The lowest BCUT2D eigenvalue weighted by molar-refractivity contribution is -0.133. The van der Waals surface area contributed by atoms with Crippen LogP contribution in [0.15, 0.2) is 29.8 Å². The van der Waals surface area contributed by atoms with Gasteiger partial charge in [0.2, 0.25) is 0 Å². The second-order valence-electron chi connectivity index (χ2n) is 3.89. The number of pyridine rings is 1. The van der Waals surface area contributed by atoms with E-state index in [0.29, 0.717) is 11.7 Å². The highest BCUT2D eigenvalue weighted by Gasteiger charge is 2.10. The molecule has 2 aromatic heterocycles. The number of carboxylic acids is 1. The summed E-state index contributed by atoms with van der Waals surface area (Å²) in [5.74, 6) is -0.895. The van der Waals surface area contributed by atoms with E-state index in [9.17, 15) is 4.79 Å². The number of hydrogen-bond donors (Lipinski definition) is 1. The zero-order valence-corrected chi connectivity index (χ0v) is 11.3. The number of nitrogens with zero attached hydrogens (tertiary/aromatic N) is 4. The third kappa shape index (κ3) is 3.54. The molecule has 2 rings (SSSR count). The molecule has 19 heavy (non-hydrogen) atoms. The normalized spacial score (nSPS) is 10.6. The molecule has 0 aliphatic carbocycles. The molecule has 2 aromatic rings. The van der Waals surface area contributed by atoms with Crippen molar-refractivity contribution in [2.45, 2.75) is 25.0 Å². The molecule has 0 aliphatic heterocycles. The molecule has 0 fully saturated rings. The van der Waals surface area contributed by atoms with Crippen LogP contribution in [0.2, 0.25) is 0 Å². The van der Waals surface area contributed by atoms with Gasteiger partial charge in [-0.2, -0.15) is 0 Å². The maximum absolute atomic E-state index is 10.6. The van der Waals surface area contributed by atoms with Crippen molar-refractivity contribution >= 4 is 17.7 Å². The molecule has 100 valence electrons. The van der Waals surface area contributed by atoms with Crippen LogP contribution in [0.25, 0.3) is 0 Å². The number of aromatic nitrogens is 4. The number of thioether (sulfide) groups is 1. The smallest absolute Gasteiger partial charge is 0.313 e. The number of carboxylic acid groups (broad SMARTS) is 1. The summed E-state index contributed by atoms with van der Waals surface area (Å²) >= 11 is 1.16. The Balaban J connectivity index is 2.15. The molecule has 0 spiro atoms. The van der Waals surface area contributed by atoms with E-state index in [-0.39, 0.29) is 5.75 Å². The van der Waals surface area contributed by atoms with Gasteiger partial charge in [0.15, 0.2) is 5.16 Å². The van der Waals surface area contributed by atoms with Crippen molar-refractivity contribution in [2.75, 3.05) is 5.75 Å². The Kier molecular flexibility index (Phi) is 4.51. The highest BCUT2D eigenvalue weighted by Crippen LogP contribution is 2.16. The van der Waals surface area contributed by atoms with E-state index in [4.69, 9.17) is 5.11 Å². The van der Waals surface area contributed by atoms with Crippen molar-refractivity contribution in [2.24, 2.45) is 0 Å². The molecule has 0 saturated heterocycles. The van der Waals surface area contributed by atoms with E-state index in [2.05, 4.69) is 22.1 Å². The predicted molar refractivity (Wildman–Crippen MR) is 71.1 cm³/mol. The minimum absolute atomic E-state index is 0.0262. The Morgan fingerprint density at radius 2 is 2.37 bits per heavy atom. The zero-order chi connectivity index (χ0) is 13.7. The van der Waals surface area contributed by atoms with Crippen LogP contribution in [0, 0.1) is 0 Å². The molecule has 6 nitrogen and oxygen atoms in total. The first-order valence-corrected chi connectivity index (χ1v) is 6.84. The van der Waals surface area contributed by atoms with Gasteiger partial charge in [-0.3, -0.25) is 9.78 Å². The van der Waals surface area contributed by atoms with E-state index in [0.717, 1.165) is 23.9 Å². The minimum atomic E-state index is -0.869. The Bertz CT molecular complexity index is 570. The Labute approximate surface area is 114 Å². The number of carbonyl (C=O) groups is 1. The molecule has 0 bridgehead atoms. The summed E-state index contributed by atoms with van der Waals surface area (Å²) in [4.78, 5) is 14.9. The number of aliphatic carboxylic acids is 1. The molecule has 0 aromatic carbocycles. The Hall–Kier alpha value is -1.89. The topological polar surface area (TPSA) is 80.9 Å². The number of rotatable bonds is 6. The largest absolute Gasteiger partial charge is 0.481 e. The summed E-state index contributed by atoms with van der Waals surface area (Å²) in [6.45, 7) is 2.63. The first-order chi connectivity index (χ1) is 9.20. The number of aryl methyl sites for hydroxylation is 1. The molecule has 7 heteroatoms. The predicted octanol–water partition coefficient (Wildman–Crippen LogP) is 1.46. The molecule has 0 atom stereocenters. The van der Waals surface area contributed by atoms with Crippen LogP contribution in [0.1, 0.15) is 18.2 Å². The van der Waals surface area contributed by atoms with Crippen molar-refractivity contribution in [3.63, 3.8) is 0 Å². The van der Waals surface area contributed by atoms with Gasteiger partial charge in [0, 0.05) is 6.20 Å². The molecule has 1 N–H and O–H groups in total. The van der Waals surface area contributed by atoms with Crippen LogP contribution < -0.4 is 0 Å². The van der Waals surface area contributed by atoms with E-state index >= 15 is 0 Å². The number of hydrogen-bond acceptors (Lipinski definition) is 5. The summed E-state index contributed by atoms with van der Waals surface area (Å²) in [5.41, 5.74) is 2.13. The quantitative estimate of drug-likeness (QED) is 0.806. The maximum atomic E-state index is 10.6. The van der Waals surface area contributed by atoms with Crippen LogP contribution in [-0.2, 0) is 17.8 Å². The summed E-state index contributed by atoms with van der Waals surface area (Å²) in [6, 6.07) is 3.95. The monoisotopic (exact) mass is 278 g/mol. The second-order valence-corrected chi connectivity index (χ2v) is 4.83. The van der Waals surface area contributed by atoms with E-state index in [1.165, 1.54) is 5.56 Å². The lowest BCUT2D eigenvalue weighted by Crippen LogP contribution is -2.07. The van der Waals surface area contributed by atoms with Crippen molar-refractivity contribution < 1.29 is 9.90 Å². The van der Waals surface area contributed by atoms with Gasteiger partial charge < -0.3 is 9.67 Å². The van der Waals surface area contributed by atoms with Gasteiger partial charge in [0.25, 0.3) is 0 Å².